The molecule has 3 saturated heterocycles. The third-order valence-electron chi connectivity index (χ3n) is 8.24. The van der Waals surface area contributed by atoms with Crippen molar-refractivity contribution in [3.63, 3.8) is 0 Å². The van der Waals surface area contributed by atoms with E-state index in [1.807, 2.05) is 0 Å². The maximum Gasteiger partial charge on any atom is 0.344 e. The van der Waals surface area contributed by atoms with Crippen molar-refractivity contribution in [3.8, 4) is 0 Å². The van der Waals surface area contributed by atoms with Crippen molar-refractivity contribution in [2.24, 2.45) is 17.3 Å². The molecule has 3 aliphatic heterocycles. The van der Waals surface area contributed by atoms with E-state index in [9.17, 15) is 29.1 Å². The van der Waals surface area contributed by atoms with Crippen LogP contribution in [0.3, 0.4) is 0 Å². The van der Waals surface area contributed by atoms with E-state index in [1.165, 1.54) is 26.0 Å². The molecule has 0 aromatic rings. The van der Waals surface area contributed by atoms with Gasteiger partial charge in [-0.2, -0.15) is 0 Å². The minimum atomic E-state index is -1.91. The number of carbonyl (C=O) groups is 5. The van der Waals surface area contributed by atoms with E-state index < -0.39 is 94.5 Å². The number of halogens is 1. The van der Waals surface area contributed by atoms with Gasteiger partial charge < -0.3 is 28.8 Å². The van der Waals surface area contributed by atoms with Gasteiger partial charge in [-0.15, -0.1) is 11.6 Å². The van der Waals surface area contributed by atoms with Gasteiger partial charge in [0.15, 0.2) is 29.7 Å². The SMILES string of the molecule is C=C1C[C@@H](O)[C@H]2O[C@]3([C@H](OC(=O)COC(C)=O)[C@@H]4[C@]2(C)C=CC(=O)[C@@]4(C)OC(C)=O)[C@@H](C)C(=O)O[C@H]3[C@H]1Cl. The minimum Gasteiger partial charge on any atom is -0.457 e. The summed E-state index contributed by atoms with van der Waals surface area (Å²) in [6, 6.07) is 0. The zero-order valence-electron chi connectivity index (χ0n) is 21.7. The lowest BCUT2D eigenvalue weighted by atomic mass is 9.52. The van der Waals surface area contributed by atoms with Crippen LogP contribution in [-0.2, 0) is 47.7 Å². The van der Waals surface area contributed by atoms with Crippen molar-refractivity contribution in [1.82, 2.24) is 0 Å². The van der Waals surface area contributed by atoms with Crippen LogP contribution in [0.15, 0.2) is 24.3 Å². The molecular formula is C26H31ClO11. The van der Waals surface area contributed by atoms with Crippen LogP contribution in [0.25, 0.3) is 0 Å². The number of alkyl halides is 1. The summed E-state index contributed by atoms with van der Waals surface area (Å²) in [4.78, 5) is 63.1. The first-order valence-corrected chi connectivity index (χ1v) is 12.7. The van der Waals surface area contributed by atoms with E-state index in [0.717, 1.165) is 13.8 Å². The fraction of sp³-hybridized carbons (Fsp3) is 0.654. The molecule has 4 rings (SSSR count). The average molecular weight is 555 g/mol. The fourth-order valence-corrected chi connectivity index (χ4v) is 6.89. The smallest absolute Gasteiger partial charge is 0.344 e. The van der Waals surface area contributed by atoms with Crippen molar-refractivity contribution in [1.29, 1.82) is 0 Å². The van der Waals surface area contributed by atoms with Gasteiger partial charge in [-0.05, 0) is 26.3 Å². The Hall–Kier alpha value is -2.76. The van der Waals surface area contributed by atoms with Gasteiger partial charge in [-0.25, -0.2) is 4.79 Å². The highest BCUT2D eigenvalue weighted by molar-refractivity contribution is 6.23. The predicted molar refractivity (Wildman–Crippen MR) is 128 cm³/mol. The first-order valence-electron chi connectivity index (χ1n) is 12.2. The Labute approximate surface area is 224 Å². The van der Waals surface area contributed by atoms with Gasteiger partial charge in [0, 0.05) is 19.3 Å². The van der Waals surface area contributed by atoms with Crippen LogP contribution < -0.4 is 0 Å². The van der Waals surface area contributed by atoms with Gasteiger partial charge in [0.2, 0.25) is 0 Å². The number of hydrogen-bond donors (Lipinski definition) is 1. The Bertz CT molecular complexity index is 1130. The second-order valence-electron chi connectivity index (χ2n) is 10.7. The summed E-state index contributed by atoms with van der Waals surface area (Å²) in [6.45, 7) is 10.0. The van der Waals surface area contributed by atoms with Crippen LogP contribution in [0.2, 0.25) is 0 Å². The predicted octanol–water partition coefficient (Wildman–Crippen LogP) is 1.17. The number of esters is 4. The molecule has 0 saturated carbocycles. The maximum absolute atomic E-state index is 13.4. The molecule has 0 aromatic heterocycles. The molecule has 3 heterocycles. The van der Waals surface area contributed by atoms with Crippen molar-refractivity contribution in [2.75, 3.05) is 6.61 Å². The van der Waals surface area contributed by atoms with Crippen LogP contribution >= 0.6 is 11.6 Å². The largest absolute Gasteiger partial charge is 0.457 e. The van der Waals surface area contributed by atoms with Gasteiger partial charge in [0.1, 0.15) is 6.10 Å². The number of aliphatic hydroxyl groups excluding tert-OH is 1. The van der Waals surface area contributed by atoms with Crippen LogP contribution in [0.1, 0.15) is 41.0 Å². The summed E-state index contributed by atoms with van der Waals surface area (Å²) in [7, 11) is 0. The highest BCUT2D eigenvalue weighted by Gasteiger charge is 2.77. The van der Waals surface area contributed by atoms with Crippen LogP contribution in [-0.4, -0.2) is 82.4 Å². The number of fused-ring (bicyclic) bond motifs is 3. The van der Waals surface area contributed by atoms with E-state index in [0.29, 0.717) is 5.57 Å². The van der Waals surface area contributed by atoms with Gasteiger partial charge in [0.25, 0.3) is 0 Å². The molecular weight excluding hydrogens is 524 g/mol. The first-order chi connectivity index (χ1) is 17.6. The van der Waals surface area contributed by atoms with Crippen molar-refractivity contribution in [3.05, 3.63) is 24.3 Å². The first kappa shape index (κ1) is 28.3. The van der Waals surface area contributed by atoms with Gasteiger partial charge in [-0.3, -0.25) is 19.2 Å². The van der Waals surface area contributed by atoms with Gasteiger partial charge in [-0.1, -0.05) is 25.2 Å². The third-order valence-corrected chi connectivity index (χ3v) is 8.78. The lowest BCUT2D eigenvalue weighted by Gasteiger charge is -2.63. The summed E-state index contributed by atoms with van der Waals surface area (Å²) >= 11 is 6.74. The Morgan fingerprint density at radius 3 is 2.45 bits per heavy atom. The van der Waals surface area contributed by atoms with Gasteiger partial charge >= 0.3 is 23.9 Å². The average Bonchev–Trinajstić information content (AvgIpc) is 3.06. The zero-order chi connectivity index (χ0) is 28.4. The maximum atomic E-state index is 13.4. The highest BCUT2D eigenvalue weighted by atomic mass is 35.5. The molecule has 0 aromatic carbocycles. The summed E-state index contributed by atoms with van der Waals surface area (Å²) in [5, 5.41) is 10.3. The Kier molecular flexibility index (Phi) is 7.03. The Balaban J connectivity index is 2.00. The number of carbonyl (C=O) groups excluding carboxylic acids is 5. The standard InChI is InChI=1S/C26H31ClO11/c1-11-9-15(30)20-24(5)8-7-16(31)25(6,37-14(4)29)19(24)22(35-17(32)10-34-13(3)28)26(38-20)12(2)23(33)36-21(26)18(11)27/h7-8,12,15,18-22,30H,1,9-10H2,2-6H3/t12-,15+,18-,19+,20+,21-,22+,24-,25+,26+/m0/s1. The zero-order valence-corrected chi connectivity index (χ0v) is 22.5. The molecule has 0 amide bonds. The molecule has 38 heavy (non-hydrogen) atoms. The Morgan fingerprint density at radius 2 is 1.84 bits per heavy atom. The van der Waals surface area contributed by atoms with Crippen molar-refractivity contribution >= 4 is 41.3 Å². The summed E-state index contributed by atoms with van der Waals surface area (Å²) in [5.74, 6) is -6.11. The van der Waals surface area contributed by atoms with Crippen LogP contribution in [0.5, 0.6) is 0 Å². The third kappa shape index (κ3) is 4.06. The molecule has 10 atom stereocenters. The minimum absolute atomic E-state index is 0.0113. The molecule has 1 N–H and O–H groups in total. The van der Waals surface area contributed by atoms with E-state index in [1.54, 1.807) is 6.92 Å². The number of ether oxygens (including phenoxy) is 5. The monoisotopic (exact) mass is 554 g/mol. The molecule has 0 unspecified atom stereocenters. The van der Waals surface area contributed by atoms with Crippen LogP contribution in [0, 0.1) is 17.3 Å². The lowest BCUT2D eigenvalue weighted by molar-refractivity contribution is -0.319. The second-order valence-corrected chi connectivity index (χ2v) is 11.2. The van der Waals surface area contributed by atoms with E-state index >= 15 is 0 Å². The number of rotatable bonds is 4. The van der Waals surface area contributed by atoms with Gasteiger partial charge in [0.05, 0.1) is 29.4 Å². The molecule has 2 bridgehead atoms. The molecule has 4 aliphatic rings. The van der Waals surface area contributed by atoms with E-state index in [-0.39, 0.29) is 6.42 Å². The number of ketones is 1. The fourth-order valence-electron chi connectivity index (χ4n) is 6.55. The summed E-state index contributed by atoms with van der Waals surface area (Å²) in [5.41, 5.74) is -4.65. The normalized spacial score (nSPS) is 43.7. The summed E-state index contributed by atoms with van der Waals surface area (Å²) in [6.07, 6.45) is -2.28. The van der Waals surface area contributed by atoms with E-state index in [4.69, 9.17) is 35.3 Å². The number of aliphatic hydroxyl groups is 1. The topological polar surface area (TPSA) is 152 Å². The second kappa shape index (κ2) is 9.46. The summed E-state index contributed by atoms with van der Waals surface area (Å²) < 4.78 is 28.6. The van der Waals surface area contributed by atoms with E-state index in [2.05, 4.69) is 6.58 Å². The van der Waals surface area contributed by atoms with Crippen LogP contribution in [0.4, 0.5) is 0 Å². The van der Waals surface area contributed by atoms with Crippen molar-refractivity contribution in [2.45, 2.75) is 82.0 Å². The highest BCUT2D eigenvalue weighted by Crippen LogP contribution is 2.61. The Morgan fingerprint density at radius 1 is 1.18 bits per heavy atom. The number of hydrogen-bond acceptors (Lipinski definition) is 11. The molecule has 3 fully saturated rings. The molecule has 0 radical (unpaired) electrons. The molecule has 1 aliphatic carbocycles. The quantitative estimate of drug-likeness (QED) is 0.231. The van der Waals surface area contributed by atoms with Crippen molar-refractivity contribution < 1.29 is 52.8 Å². The lowest BCUT2D eigenvalue weighted by Crippen LogP contribution is -2.77. The molecule has 208 valence electrons. The molecule has 12 heteroatoms. The molecule has 11 nitrogen and oxygen atoms in total. The molecule has 1 spiro atoms.